The van der Waals surface area contributed by atoms with Crippen LogP contribution in [0.15, 0.2) is 24.3 Å². The number of carbonyl (C=O) groups is 2. The second-order valence-electron chi connectivity index (χ2n) is 5.39. The quantitative estimate of drug-likeness (QED) is 0.902. The number of benzene rings is 1. The average molecular weight is 311 g/mol. The number of hydrogen-bond acceptors (Lipinski definition) is 2. The van der Waals surface area contributed by atoms with Crippen LogP contribution in [0.2, 0.25) is 5.02 Å². The van der Waals surface area contributed by atoms with E-state index in [-0.39, 0.29) is 18.0 Å². The van der Waals surface area contributed by atoms with Gasteiger partial charge in [0.25, 0.3) is 0 Å². The Kier molecular flexibility index (Phi) is 5.07. The lowest BCUT2D eigenvalue weighted by Gasteiger charge is -2.36. The van der Waals surface area contributed by atoms with Gasteiger partial charge in [0.05, 0.1) is 5.92 Å². The zero-order valence-electron chi connectivity index (χ0n) is 11.9. The van der Waals surface area contributed by atoms with Gasteiger partial charge in [-0.25, -0.2) is 4.79 Å². The Hall–Kier alpha value is -1.75. The van der Waals surface area contributed by atoms with Crippen LogP contribution in [0, 0.1) is 5.92 Å². The first-order chi connectivity index (χ1) is 9.97. The molecule has 0 saturated carbocycles. The number of aliphatic carboxylic acids is 1. The van der Waals surface area contributed by atoms with Crippen LogP contribution in [0.1, 0.15) is 25.3 Å². The molecule has 1 saturated heterocycles. The van der Waals surface area contributed by atoms with Crippen LogP contribution in [0.25, 0.3) is 0 Å². The van der Waals surface area contributed by atoms with Crippen LogP contribution in [0.5, 0.6) is 0 Å². The lowest BCUT2D eigenvalue weighted by molar-refractivity contribution is -0.143. The molecule has 1 aromatic rings. The van der Waals surface area contributed by atoms with Gasteiger partial charge < -0.3 is 15.3 Å². The number of likely N-dealkylation sites (tertiary alicyclic amines) is 1. The summed E-state index contributed by atoms with van der Waals surface area (Å²) in [6.45, 7) is 2.76. The maximum absolute atomic E-state index is 12.2. The molecule has 5 nitrogen and oxygen atoms in total. The zero-order valence-corrected chi connectivity index (χ0v) is 12.6. The van der Waals surface area contributed by atoms with Gasteiger partial charge in [0.1, 0.15) is 0 Å². The van der Waals surface area contributed by atoms with Crippen LogP contribution in [0.3, 0.4) is 0 Å². The molecular weight excluding hydrogens is 292 g/mol. The molecule has 1 aromatic carbocycles. The van der Waals surface area contributed by atoms with Crippen LogP contribution in [-0.2, 0) is 11.3 Å². The van der Waals surface area contributed by atoms with Crippen molar-refractivity contribution in [1.82, 2.24) is 10.2 Å². The summed E-state index contributed by atoms with van der Waals surface area (Å²) in [6.07, 6.45) is 1.00. The number of halogens is 1. The number of hydrogen-bond donors (Lipinski definition) is 2. The van der Waals surface area contributed by atoms with E-state index in [0.717, 1.165) is 5.56 Å². The highest BCUT2D eigenvalue weighted by Gasteiger charge is 2.31. The van der Waals surface area contributed by atoms with E-state index in [1.807, 2.05) is 25.1 Å². The van der Waals surface area contributed by atoms with Gasteiger partial charge in [0, 0.05) is 24.2 Å². The largest absolute Gasteiger partial charge is 0.481 e. The van der Waals surface area contributed by atoms with Gasteiger partial charge in [-0.3, -0.25) is 4.79 Å². The van der Waals surface area contributed by atoms with Crippen molar-refractivity contribution in [3.05, 3.63) is 34.9 Å². The molecule has 21 heavy (non-hydrogen) atoms. The van der Waals surface area contributed by atoms with Gasteiger partial charge in [-0.05, 0) is 37.5 Å². The fraction of sp³-hybridized carbons (Fsp3) is 0.467. The third-order valence-electron chi connectivity index (χ3n) is 3.82. The molecule has 0 spiro atoms. The van der Waals surface area contributed by atoms with Crippen LogP contribution in [-0.4, -0.2) is 34.6 Å². The Labute approximate surface area is 128 Å². The van der Waals surface area contributed by atoms with Crippen molar-refractivity contribution < 1.29 is 14.7 Å². The summed E-state index contributed by atoms with van der Waals surface area (Å²) in [5, 5.41) is 12.5. The second-order valence-corrected chi connectivity index (χ2v) is 5.83. The Morgan fingerprint density at radius 2 is 2.24 bits per heavy atom. The molecular formula is C15H19ClN2O3. The molecule has 2 atom stereocenters. The molecule has 0 bridgehead atoms. The van der Waals surface area contributed by atoms with Crippen LogP contribution in [0.4, 0.5) is 4.79 Å². The minimum atomic E-state index is -0.777. The van der Waals surface area contributed by atoms with E-state index < -0.39 is 5.97 Å². The van der Waals surface area contributed by atoms with Gasteiger partial charge in [-0.15, -0.1) is 0 Å². The van der Waals surface area contributed by atoms with Crippen molar-refractivity contribution >= 4 is 23.6 Å². The minimum absolute atomic E-state index is 0.0702. The third-order valence-corrected chi connectivity index (χ3v) is 4.05. The summed E-state index contributed by atoms with van der Waals surface area (Å²) in [5.41, 5.74) is 0.934. The van der Waals surface area contributed by atoms with E-state index in [1.165, 1.54) is 0 Å². The summed E-state index contributed by atoms with van der Waals surface area (Å²) >= 11 is 5.90. The Balaban J connectivity index is 1.88. The fourth-order valence-electron chi connectivity index (χ4n) is 2.62. The van der Waals surface area contributed by atoms with Crippen molar-refractivity contribution in [2.24, 2.45) is 5.92 Å². The first-order valence-corrected chi connectivity index (χ1v) is 7.37. The van der Waals surface area contributed by atoms with Gasteiger partial charge >= 0.3 is 12.0 Å². The van der Waals surface area contributed by atoms with E-state index in [1.54, 1.807) is 11.0 Å². The fourth-order valence-corrected chi connectivity index (χ4v) is 2.84. The second kappa shape index (κ2) is 6.80. The molecule has 114 valence electrons. The maximum atomic E-state index is 12.2. The number of nitrogens with zero attached hydrogens (tertiary/aromatic N) is 1. The molecule has 0 aliphatic carbocycles. The number of carbonyl (C=O) groups excluding carboxylic acids is 1. The molecule has 6 heteroatoms. The first kappa shape index (κ1) is 15.6. The predicted octanol–water partition coefficient (Wildman–Crippen LogP) is 2.73. The molecule has 1 aliphatic rings. The highest BCUT2D eigenvalue weighted by atomic mass is 35.5. The summed E-state index contributed by atoms with van der Waals surface area (Å²) in [7, 11) is 0. The topological polar surface area (TPSA) is 69.6 Å². The van der Waals surface area contributed by atoms with E-state index in [2.05, 4.69) is 5.32 Å². The highest BCUT2D eigenvalue weighted by Crippen LogP contribution is 2.23. The van der Waals surface area contributed by atoms with Crippen LogP contribution >= 0.6 is 11.6 Å². The van der Waals surface area contributed by atoms with Crippen molar-refractivity contribution in [3.63, 3.8) is 0 Å². The van der Waals surface area contributed by atoms with Gasteiger partial charge in [0.2, 0.25) is 0 Å². The zero-order chi connectivity index (χ0) is 15.4. The van der Waals surface area contributed by atoms with Gasteiger partial charge in [-0.2, -0.15) is 0 Å². The molecule has 2 N–H and O–H groups in total. The smallest absolute Gasteiger partial charge is 0.317 e. The van der Waals surface area contributed by atoms with Crippen molar-refractivity contribution in [2.45, 2.75) is 32.4 Å². The normalized spacial score (nSPS) is 21.9. The van der Waals surface area contributed by atoms with Crippen molar-refractivity contribution in [2.75, 3.05) is 6.54 Å². The Morgan fingerprint density at radius 3 is 2.86 bits per heavy atom. The number of piperidine rings is 1. The number of rotatable bonds is 3. The monoisotopic (exact) mass is 310 g/mol. The number of nitrogens with one attached hydrogen (secondary N) is 1. The number of carboxylic acids is 1. The lowest BCUT2D eigenvalue weighted by Crippen LogP contribution is -2.50. The highest BCUT2D eigenvalue weighted by molar-refractivity contribution is 6.30. The van der Waals surface area contributed by atoms with Crippen molar-refractivity contribution in [1.29, 1.82) is 0 Å². The molecule has 1 fully saturated rings. The minimum Gasteiger partial charge on any atom is -0.481 e. The summed E-state index contributed by atoms with van der Waals surface area (Å²) in [5.74, 6) is -1.13. The molecule has 1 aliphatic heterocycles. The summed E-state index contributed by atoms with van der Waals surface area (Å²) in [6, 6.07) is 7.09. The molecule has 0 aromatic heterocycles. The number of carboxylic acid groups (broad SMARTS) is 1. The molecule has 0 radical (unpaired) electrons. The van der Waals surface area contributed by atoms with Crippen molar-refractivity contribution in [3.8, 4) is 0 Å². The average Bonchev–Trinajstić information content (AvgIpc) is 2.44. The van der Waals surface area contributed by atoms with Crippen LogP contribution < -0.4 is 5.32 Å². The third kappa shape index (κ3) is 4.11. The van der Waals surface area contributed by atoms with E-state index >= 15 is 0 Å². The Morgan fingerprint density at radius 1 is 1.48 bits per heavy atom. The summed E-state index contributed by atoms with van der Waals surface area (Å²) < 4.78 is 0. The molecule has 2 amide bonds. The number of urea groups is 1. The van der Waals surface area contributed by atoms with E-state index in [4.69, 9.17) is 16.7 Å². The molecule has 2 rings (SSSR count). The first-order valence-electron chi connectivity index (χ1n) is 6.99. The SMILES string of the molecule is CC1CC(C(=O)O)CCN1C(=O)NCc1cccc(Cl)c1. The van der Waals surface area contributed by atoms with E-state index in [9.17, 15) is 9.59 Å². The maximum Gasteiger partial charge on any atom is 0.317 e. The van der Waals surface area contributed by atoms with E-state index in [0.29, 0.717) is 31.0 Å². The molecule has 1 heterocycles. The predicted molar refractivity (Wildman–Crippen MR) is 80.2 cm³/mol. The lowest BCUT2D eigenvalue weighted by atomic mass is 9.92. The number of amides is 2. The summed E-state index contributed by atoms with van der Waals surface area (Å²) in [4.78, 5) is 24.9. The molecule has 2 unspecified atom stereocenters. The van der Waals surface area contributed by atoms with Gasteiger partial charge in [-0.1, -0.05) is 23.7 Å². The Bertz CT molecular complexity index is 535. The van der Waals surface area contributed by atoms with Gasteiger partial charge in [0.15, 0.2) is 0 Å². The standard InChI is InChI=1S/C15H19ClN2O3/c1-10-7-12(14(19)20)5-6-18(10)15(21)17-9-11-3-2-4-13(16)8-11/h2-4,8,10,12H,5-7,9H2,1H3,(H,17,21)(H,19,20).